The van der Waals surface area contributed by atoms with Crippen LogP contribution in [0.2, 0.25) is 0 Å². The van der Waals surface area contributed by atoms with Crippen LogP contribution in [0.1, 0.15) is 75.6 Å². The number of likely N-dealkylation sites (tertiary alicyclic amines) is 1. The zero-order valence-electron chi connectivity index (χ0n) is 27.4. The first kappa shape index (κ1) is 34.0. The lowest BCUT2D eigenvalue weighted by Crippen LogP contribution is -2.42. The first-order valence-corrected chi connectivity index (χ1v) is 16.0. The van der Waals surface area contributed by atoms with Crippen LogP contribution < -0.4 is 21.9 Å². The third-order valence-electron chi connectivity index (χ3n) is 8.17. The summed E-state index contributed by atoms with van der Waals surface area (Å²) in [4.78, 5) is 19.4. The summed E-state index contributed by atoms with van der Waals surface area (Å²) >= 11 is 0. The third-order valence-corrected chi connectivity index (χ3v) is 8.17. The second-order valence-electron chi connectivity index (χ2n) is 12.9. The molecule has 1 aromatic heterocycles. The number of aromatic hydroxyl groups is 1. The van der Waals surface area contributed by atoms with Crippen molar-refractivity contribution < 1.29 is 9.90 Å². The van der Waals surface area contributed by atoms with E-state index in [1.165, 1.54) is 40.4 Å². The number of rotatable bonds is 3. The number of piperidine rings is 1. The lowest BCUT2D eigenvalue weighted by molar-refractivity contribution is 0.240. The first-order valence-electron chi connectivity index (χ1n) is 16.0. The number of hydrogen-bond acceptors (Lipinski definition) is 6. The normalized spacial score (nSPS) is 16.9. The van der Waals surface area contributed by atoms with Gasteiger partial charge in [-0.3, -0.25) is 20.7 Å². The molecule has 46 heavy (non-hydrogen) atoms. The monoisotopic (exact) mass is 624 g/mol. The third kappa shape index (κ3) is 9.57. The van der Waals surface area contributed by atoms with Gasteiger partial charge in [0.15, 0.2) is 0 Å². The van der Waals surface area contributed by atoms with Crippen LogP contribution in [0.3, 0.4) is 0 Å². The highest BCUT2D eigenvalue weighted by Crippen LogP contribution is 2.29. The minimum Gasteiger partial charge on any atom is -0.506 e. The molecule has 244 valence electrons. The van der Waals surface area contributed by atoms with E-state index in [0.29, 0.717) is 11.5 Å². The van der Waals surface area contributed by atoms with Gasteiger partial charge in [0.2, 0.25) is 5.96 Å². The van der Waals surface area contributed by atoms with Gasteiger partial charge < -0.3 is 21.1 Å². The van der Waals surface area contributed by atoms with Gasteiger partial charge >= 0.3 is 6.03 Å². The highest BCUT2D eigenvalue weighted by molar-refractivity contribution is 6.05. The fraction of sp³-hybridized carbons (Fsp3) is 0.389. The number of urea groups is 1. The van der Waals surface area contributed by atoms with Crippen LogP contribution in [0.4, 0.5) is 10.5 Å². The molecule has 1 aliphatic carbocycles. The molecule has 5 rings (SSSR count). The molecule has 2 aromatic carbocycles. The fourth-order valence-electron chi connectivity index (χ4n) is 5.36. The van der Waals surface area contributed by atoms with Gasteiger partial charge in [0.05, 0.1) is 17.9 Å². The molecule has 0 saturated carbocycles. The van der Waals surface area contributed by atoms with Crippen molar-refractivity contribution in [1.29, 1.82) is 10.8 Å². The minimum atomic E-state index is -0.277. The number of aromatic nitrogens is 1. The average Bonchev–Trinajstić information content (AvgIpc) is 3.03. The molecule has 10 nitrogen and oxygen atoms in total. The number of benzene rings is 2. The van der Waals surface area contributed by atoms with Gasteiger partial charge in [-0.15, -0.1) is 0 Å². The lowest BCUT2D eigenvalue weighted by Gasteiger charge is -2.29. The summed E-state index contributed by atoms with van der Waals surface area (Å²) in [5, 5.41) is 31.1. The number of carbonyl (C=O) groups excluding carboxylic acids is 1. The quantitative estimate of drug-likeness (QED) is 0.151. The Balaban J connectivity index is 0.000000252. The van der Waals surface area contributed by atoms with Crippen LogP contribution in [0.5, 0.6) is 5.75 Å². The van der Waals surface area contributed by atoms with E-state index in [1.54, 1.807) is 6.08 Å². The minimum absolute atomic E-state index is 0.000447. The van der Waals surface area contributed by atoms with E-state index in [4.69, 9.17) is 16.6 Å². The molecule has 0 spiro atoms. The number of allylic oxidation sites excluding steroid dienone is 1. The summed E-state index contributed by atoms with van der Waals surface area (Å²) in [6.45, 7) is 9.84. The van der Waals surface area contributed by atoms with E-state index in [2.05, 4.69) is 27.8 Å². The Morgan fingerprint density at radius 3 is 2.41 bits per heavy atom. The molecule has 7 N–H and O–H groups in total. The van der Waals surface area contributed by atoms with Crippen molar-refractivity contribution in [2.45, 2.75) is 72.3 Å². The largest absolute Gasteiger partial charge is 0.506 e. The highest BCUT2D eigenvalue weighted by atomic mass is 16.3. The second-order valence-corrected chi connectivity index (χ2v) is 12.9. The van der Waals surface area contributed by atoms with Crippen molar-refractivity contribution in [3.63, 3.8) is 0 Å². The number of carbonyl (C=O) groups is 1. The fourth-order valence-corrected chi connectivity index (χ4v) is 5.36. The predicted molar refractivity (Wildman–Crippen MR) is 184 cm³/mol. The summed E-state index contributed by atoms with van der Waals surface area (Å²) in [5.41, 5.74) is 11.3. The maximum Gasteiger partial charge on any atom is 0.320 e. The predicted octanol–water partition coefficient (Wildman–Crippen LogP) is 6.23. The topological polar surface area (TPSA) is 156 Å². The summed E-state index contributed by atoms with van der Waals surface area (Å²) < 4.78 is 1.40. The van der Waals surface area contributed by atoms with Crippen molar-refractivity contribution >= 4 is 23.5 Å². The Morgan fingerprint density at radius 2 is 1.72 bits per heavy atom. The van der Waals surface area contributed by atoms with Crippen molar-refractivity contribution in [2.75, 3.05) is 13.1 Å². The molecule has 0 bridgehead atoms. The van der Waals surface area contributed by atoms with Crippen molar-refractivity contribution in [3.05, 3.63) is 101 Å². The van der Waals surface area contributed by atoms with Gasteiger partial charge in [0.25, 0.3) is 0 Å². The number of nitrogens with zero attached hydrogens (tertiary/aromatic N) is 3. The molecule has 1 aliphatic heterocycles. The number of amidine groups is 1. The summed E-state index contributed by atoms with van der Waals surface area (Å²) in [6.07, 6.45) is 9.60. The Kier molecular flexibility index (Phi) is 11.4. The van der Waals surface area contributed by atoms with Gasteiger partial charge in [-0.25, -0.2) is 9.79 Å². The van der Waals surface area contributed by atoms with E-state index in [-0.39, 0.29) is 34.7 Å². The second kappa shape index (κ2) is 15.4. The zero-order valence-corrected chi connectivity index (χ0v) is 27.4. The number of aryl methyl sites for hydroxylation is 2. The standard InChI is InChI=1S/C25H32N4O.C11H16N4O/c1-17-12-14-19(15-13-17)27-23(16-22(26)25(2,3)4)29-24(30)28-21-11-7-9-18-8-5-6-10-20(18)21;12-10-5-4-9(16)8-15(10)11(13)14-6-2-1-3-7-14/h5-6,8,10,12-16,21H,7,9,11,26H2,1-4H3,(H2,27,28,29,30);4-5,8,12-13,16H,1-3,6-7H2/b22-16-;/t21-;/m0./s1. The maximum atomic E-state index is 12.8. The number of pyridine rings is 1. The van der Waals surface area contributed by atoms with E-state index in [9.17, 15) is 9.90 Å². The van der Waals surface area contributed by atoms with Gasteiger partial charge in [0.1, 0.15) is 17.1 Å². The van der Waals surface area contributed by atoms with Crippen molar-refractivity contribution in [2.24, 2.45) is 16.1 Å². The molecule has 1 atom stereocenters. The molecule has 1 saturated heterocycles. The SMILES string of the molecule is Cc1ccc(N=C(/C=C(\N)C(C)(C)C)NC(=O)N[C@H]2CCCc3ccccc32)cc1.N=C(N1CCCCC1)n1cc(O)ccc1=N. The molecule has 2 heterocycles. The van der Waals surface area contributed by atoms with Crippen LogP contribution in [0.25, 0.3) is 0 Å². The molecule has 10 heteroatoms. The molecule has 0 radical (unpaired) electrons. The van der Waals surface area contributed by atoms with Gasteiger partial charge in [-0.1, -0.05) is 62.7 Å². The van der Waals surface area contributed by atoms with Crippen LogP contribution in [-0.2, 0) is 6.42 Å². The van der Waals surface area contributed by atoms with Gasteiger partial charge in [-0.05, 0) is 80.8 Å². The maximum absolute atomic E-state index is 12.8. The zero-order chi connectivity index (χ0) is 33.3. The Labute approximate surface area is 272 Å². The van der Waals surface area contributed by atoms with E-state index in [1.807, 2.05) is 69.0 Å². The van der Waals surface area contributed by atoms with Crippen LogP contribution >= 0.6 is 0 Å². The van der Waals surface area contributed by atoms with Crippen LogP contribution in [0, 0.1) is 23.2 Å². The number of nitrogens with one attached hydrogen (secondary N) is 4. The molecule has 3 aromatic rings. The van der Waals surface area contributed by atoms with Crippen LogP contribution in [-0.4, -0.2) is 45.5 Å². The molecular formula is C36H48N8O2. The number of hydrogen-bond donors (Lipinski definition) is 6. The van der Waals surface area contributed by atoms with Gasteiger partial charge in [0, 0.05) is 30.3 Å². The van der Waals surface area contributed by atoms with Crippen molar-refractivity contribution in [1.82, 2.24) is 20.1 Å². The number of fused-ring (bicyclic) bond motifs is 1. The summed E-state index contributed by atoms with van der Waals surface area (Å²) in [6, 6.07) is 18.8. The lowest BCUT2D eigenvalue weighted by atomic mass is 9.88. The summed E-state index contributed by atoms with van der Waals surface area (Å²) in [7, 11) is 0. The van der Waals surface area contributed by atoms with E-state index in [0.717, 1.165) is 56.4 Å². The molecule has 2 aliphatic rings. The highest BCUT2D eigenvalue weighted by Gasteiger charge is 2.22. The Morgan fingerprint density at radius 1 is 1.02 bits per heavy atom. The Hall–Kier alpha value is -4.86. The number of aliphatic imine (C=N–C) groups is 1. The van der Waals surface area contributed by atoms with Crippen LogP contribution in [0.15, 0.2) is 83.6 Å². The average molecular weight is 625 g/mol. The smallest absolute Gasteiger partial charge is 0.320 e. The summed E-state index contributed by atoms with van der Waals surface area (Å²) in [5.74, 6) is 0.784. The number of nitrogens with two attached hydrogens (primary N) is 1. The molecule has 0 unspecified atom stereocenters. The number of amides is 2. The van der Waals surface area contributed by atoms with Gasteiger partial charge in [-0.2, -0.15) is 0 Å². The molecule has 1 fully saturated rings. The first-order chi connectivity index (χ1) is 21.9. The van der Waals surface area contributed by atoms with Crippen molar-refractivity contribution in [3.8, 4) is 5.75 Å². The van der Waals surface area contributed by atoms with E-state index < -0.39 is 0 Å². The Bertz CT molecular complexity index is 1630. The molecule has 2 amide bonds. The van der Waals surface area contributed by atoms with E-state index >= 15 is 0 Å². The molecular weight excluding hydrogens is 576 g/mol.